The number of esters is 1. The topological polar surface area (TPSA) is 50.8 Å². The van der Waals surface area contributed by atoms with Crippen molar-refractivity contribution in [1.82, 2.24) is 4.90 Å². The predicted octanol–water partition coefficient (Wildman–Crippen LogP) is 7.11. The molecule has 3 atom stereocenters. The van der Waals surface area contributed by atoms with E-state index in [4.69, 9.17) is 9.47 Å². The minimum atomic E-state index is -4.74. The number of benzene rings is 2. The molecule has 3 unspecified atom stereocenters. The Balaban J connectivity index is 1.24. The first-order chi connectivity index (χ1) is 19.3. The van der Waals surface area contributed by atoms with Gasteiger partial charge in [0.1, 0.15) is 12.4 Å². The summed E-state index contributed by atoms with van der Waals surface area (Å²) in [5.41, 5.74) is -0.576. The third kappa shape index (κ3) is 6.60. The minimum Gasteiger partial charge on any atom is -0.489 e. The van der Waals surface area contributed by atoms with Gasteiger partial charge in [-0.1, -0.05) is 13.0 Å². The van der Waals surface area contributed by atoms with Crippen molar-refractivity contribution < 1.29 is 40.6 Å². The highest BCUT2D eigenvalue weighted by Crippen LogP contribution is 2.48. The average molecular weight is 585 g/mol. The maximum Gasteiger partial charge on any atom is 0.416 e. The van der Waals surface area contributed by atoms with E-state index in [1.807, 2.05) is 25.1 Å². The van der Waals surface area contributed by atoms with Crippen LogP contribution in [0.4, 0.5) is 32.0 Å². The second kappa shape index (κ2) is 11.4. The van der Waals surface area contributed by atoms with Crippen LogP contribution in [0.2, 0.25) is 0 Å². The summed E-state index contributed by atoms with van der Waals surface area (Å²) < 4.78 is 91.3. The lowest BCUT2D eigenvalue weighted by atomic mass is 9.82. The van der Waals surface area contributed by atoms with Crippen LogP contribution in [-0.2, 0) is 28.4 Å². The fourth-order valence-corrected chi connectivity index (χ4v) is 6.36. The highest BCUT2D eigenvalue weighted by molar-refractivity contribution is 5.73. The van der Waals surface area contributed by atoms with Crippen molar-refractivity contribution in [3.63, 3.8) is 0 Å². The summed E-state index contributed by atoms with van der Waals surface area (Å²) >= 11 is 0. The van der Waals surface area contributed by atoms with Crippen LogP contribution in [0.3, 0.4) is 0 Å². The minimum absolute atomic E-state index is 0.0170. The van der Waals surface area contributed by atoms with Crippen molar-refractivity contribution >= 4 is 11.7 Å². The van der Waals surface area contributed by atoms with E-state index in [9.17, 15) is 31.1 Å². The summed E-state index contributed by atoms with van der Waals surface area (Å²) in [6.07, 6.45) is -5.98. The Morgan fingerprint density at radius 2 is 1.73 bits per heavy atom. The Morgan fingerprint density at radius 3 is 2.34 bits per heavy atom. The van der Waals surface area contributed by atoms with Crippen LogP contribution < -0.4 is 10.1 Å². The van der Waals surface area contributed by atoms with E-state index >= 15 is 0 Å². The number of nitrogens with zero attached hydrogens (tertiary/aromatic N) is 1. The number of piperidine rings is 1. The zero-order valence-corrected chi connectivity index (χ0v) is 22.9. The molecule has 1 saturated heterocycles. The van der Waals surface area contributed by atoms with Crippen molar-refractivity contribution in [1.29, 1.82) is 0 Å². The summed E-state index contributed by atoms with van der Waals surface area (Å²) in [5, 5.41) is 3.59. The van der Waals surface area contributed by atoms with Gasteiger partial charge >= 0.3 is 18.3 Å². The third-order valence-corrected chi connectivity index (χ3v) is 8.72. The van der Waals surface area contributed by atoms with Gasteiger partial charge in [0.25, 0.3) is 0 Å². The quantitative estimate of drug-likeness (QED) is 0.278. The fourth-order valence-electron chi connectivity index (χ4n) is 6.36. The maximum atomic E-state index is 13.5. The van der Waals surface area contributed by atoms with Gasteiger partial charge in [-0.3, -0.25) is 9.69 Å². The number of hydrogen-bond donors (Lipinski definition) is 1. The molecule has 2 fully saturated rings. The van der Waals surface area contributed by atoms with Gasteiger partial charge in [-0.25, -0.2) is 0 Å². The molecule has 0 radical (unpaired) electrons. The standard InChI is InChI=1S/C30H34F6N2O3/c1-17(28(39)40-2)27(19-3-4-19)20-5-8-26-24(14-20)37-25(16-41-26)18-9-11-38(12-10-18)15-21-13-22(29(31,32)33)6-7-23(21)30(34,35)36/h5-8,13-14,17-19,25,27,37H,3-4,9-12,15-16H2,1-2H3. The number of halogens is 6. The molecule has 1 aliphatic carbocycles. The van der Waals surface area contributed by atoms with Crippen molar-refractivity contribution in [2.45, 2.75) is 63.5 Å². The molecule has 2 aliphatic heterocycles. The Bertz CT molecular complexity index is 1250. The molecule has 0 spiro atoms. The van der Waals surface area contributed by atoms with Gasteiger partial charge in [-0.2, -0.15) is 26.3 Å². The normalized spacial score (nSPS) is 21.8. The summed E-state index contributed by atoms with van der Waals surface area (Å²) in [6, 6.07) is 7.59. The fraction of sp³-hybridized carbons (Fsp3) is 0.567. The molecule has 0 bridgehead atoms. The molecule has 41 heavy (non-hydrogen) atoms. The second-order valence-electron chi connectivity index (χ2n) is 11.5. The van der Waals surface area contributed by atoms with Crippen molar-refractivity contribution in [3.8, 4) is 5.75 Å². The molecule has 11 heteroatoms. The van der Waals surface area contributed by atoms with Crippen LogP contribution in [0, 0.1) is 17.8 Å². The molecule has 2 aromatic carbocycles. The van der Waals surface area contributed by atoms with Crippen LogP contribution in [0.25, 0.3) is 0 Å². The zero-order chi connectivity index (χ0) is 29.5. The lowest BCUT2D eigenvalue weighted by molar-refractivity contribution is -0.145. The molecule has 2 heterocycles. The second-order valence-corrected chi connectivity index (χ2v) is 11.5. The van der Waals surface area contributed by atoms with E-state index in [2.05, 4.69) is 5.32 Å². The van der Waals surface area contributed by atoms with E-state index < -0.39 is 23.5 Å². The van der Waals surface area contributed by atoms with E-state index in [1.165, 1.54) is 7.11 Å². The highest BCUT2D eigenvalue weighted by Gasteiger charge is 2.40. The molecule has 5 nitrogen and oxygen atoms in total. The summed E-state index contributed by atoms with van der Waals surface area (Å²) in [6.45, 7) is 3.06. The monoisotopic (exact) mass is 584 g/mol. The van der Waals surface area contributed by atoms with E-state index in [0.29, 0.717) is 56.7 Å². The smallest absolute Gasteiger partial charge is 0.416 e. The first kappa shape index (κ1) is 29.5. The Hall–Kier alpha value is -2.95. The molecule has 0 amide bonds. The number of nitrogens with one attached hydrogen (secondary N) is 1. The lowest BCUT2D eigenvalue weighted by Crippen LogP contribution is -2.44. The molecule has 2 aromatic rings. The Labute approximate surface area is 235 Å². The number of likely N-dealkylation sites (tertiary alicyclic amines) is 1. The van der Waals surface area contributed by atoms with Gasteiger partial charge in [-0.15, -0.1) is 0 Å². The van der Waals surface area contributed by atoms with Gasteiger partial charge in [0, 0.05) is 6.54 Å². The lowest BCUT2D eigenvalue weighted by Gasteiger charge is -2.39. The van der Waals surface area contributed by atoms with Crippen LogP contribution in [0.5, 0.6) is 5.75 Å². The van der Waals surface area contributed by atoms with E-state index in [-0.39, 0.29) is 41.9 Å². The van der Waals surface area contributed by atoms with Crippen LogP contribution in [0.1, 0.15) is 60.8 Å². The van der Waals surface area contributed by atoms with Gasteiger partial charge in [-0.05, 0) is 98.0 Å². The number of hydrogen-bond acceptors (Lipinski definition) is 5. The van der Waals surface area contributed by atoms with Crippen LogP contribution >= 0.6 is 0 Å². The number of alkyl halides is 6. The number of fused-ring (bicyclic) bond motifs is 1. The number of carbonyl (C=O) groups excluding carboxylic acids is 1. The molecular formula is C30H34F6N2O3. The predicted molar refractivity (Wildman–Crippen MR) is 140 cm³/mol. The van der Waals surface area contributed by atoms with E-state index in [0.717, 1.165) is 29.8 Å². The number of rotatable bonds is 7. The Kier molecular flexibility index (Phi) is 8.20. The zero-order valence-electron chi connectivity index (χ0n) is 22.9. The van der Waals surface area contributed by atoms with Gasteiger partial charge in [0.15, 0.2) is 0 Å². The SMILES string of the molecule is COC(=O)C(C)C(c1ccc2c(c1)NC(C1CCN(Cc3cc(C(F)(F)F)ccc3C(F)(F)F)CC1)CO2)C1CC1. The van der Waals surface area contributed by atoms with Gasteiger partial charge < -0.3 is 14.8 Å². The first-order valence-corrected chi connectivity index (χ1v) is 14.0. The van der Waals surface area contributed by atoms with Crippen molar-refractivity contribution in [2.75, 3.05) is 32.1 Å². The summed E-state index contributed by atoms with van der Waals surface area (Å²) in [4.78, 5) is 14.1. The molecule has 5 rings (SSSR count). The highest BCUT2D eigenvalue weighted by atomic mass is 19.4. The summed E-state index contributed by atoms with van der Waals surface area (Å²) in [7, 11) is 1.40. The van der Waals surface area contributed by atoms with Crippen LogP contribution in [0.15, 0.2) is 36.4 Å². The molecule has 224 valence electrons. The van der Waals surface area contributed by atoms with Crippen LogP contribution in [-0.4, -0.2) is 43.7 Å². The largest absolute Gasteiger partial charge is 0.489 e. The molecule has 1 saturated carbocycles. The average Bonchev–Trinajstić information content (AvgIpc) is 3.77. The molecule has 0 aromatic heterocycles. The van der Waals surface area contributed by atoms with E-state index in [1.54, 1.807) is 4.90 Å². The van der Waals surface area contributed by atoms with Gasteiger partial charge in [0.05, 0.1) is 35.9 Å². The first-order valence-electron chi connectivity index (χ1n) is 14.0. The number of anilines is 1. The molecule has 1 N–H and O–H groups in total. The summed E-state index contributed by atoms with van der Waals surface area (Å²) in [5.74, 6) is 0.884. The molecule has 3 aliphatic rings. The van der Waals surface area contributed by atoms with Crippen molar-refractivity contribution in [2.24, 2.45) is 17.8 Å². The number of carbonyl (C=O) groups is 1. The van der Waals surface area contributed by atoms with Gasteiger partial charge in [0.2, 0.25) is 0 Å². The van der Waals surface area contributed by atoms with Crippen molar-refractivity contribution in [3.05, 3.63) is 58.7 Å². The third-order valence-electron chi connectivity index (χ3n) is 8.72. The maximum absolute atomic E-state index is 13.5. The number of methoxy groups -OCH3 is 1. The number of ether oxygens (including phenoxy) is 2. The molecular weight excluding hydrogens is 550 g/mol. The Morgan fingerprint density at radius 1 is 1.02 bits per heavy atom.